The Balaban J connectivity index is 2.24. The van der Waals surface area contributed by atoms with E-state index in [9.17, 15) is 4.79 Å². The van der Waals surface area contributed by atoms with E-state index >= 15 is 0 Å². The van der Waals surface area contributed by atoms with Crippen LogP contribution in [0.25, 0.3) is 0 Å². The Labute approximate surface area is 119 Å². The molecule has 0 aliphatic rings. The van der Waals surface area contributed by atoms with Crippen LogP contribution in [0.5, 0.6) is 0 Å². The molecule has 2 rings (SSSR count). The average Bonchev–Trinajstić information content (AvgIpc) is 2.36. The number of nitrogens with zero attached hydrogens (tertiary/aromatic N) is 1. The average molecular weight is 321 g/mol. The first kappa shape index (κ1) is 13.5. The molecule has 0 saturated carbocycles. The van der Waals surface area contributed by atoms with Gasteiger partial charge in [0.15, 0.2) is 0 Å². The standard InChI is InChI=1S/C14H13BrN2O2/c1-8-5-11(6-9(2)13(8)15)17-10-3-4-12(14(18)19)16-7-10/h3-7,17H,1-2H3,(H,18,19). The van der Waals surface area contributed by atoms with Crippen LogP contribution < -0.4 is 5.32 Å². The van der Waals surface area contributed by atoms with Crippen molar-refractivity contribution in [3.05, 3.63) is 51.8 Å². The molecule has 2 N–H and O–H groups in total. The Kier molecular flexibility index (Phi) is 3.85. The zero-order chi connectivity index (χ0) is 14.0. The SMILES string of the molecule is Cc1cc(Nc2ccc(C(=O)O)nc2)cc(C)c1Br. The molecule has 1 aromatic carbocycles. The maximum atomic E-state index is 10.7. The predicted octanol–water partition coefficient (Wildman–Crippen LogP) is 3.90. The largest absolute Gasteiger partial charge is 0.477 e. The molecule has 0 aliphatic heterocycles. The molecule has 0 radical (unpaired) electrons. The second-order valence-electron chi connectivity index (χ2n) is 4.29. The lowest BCUT2D eigenvalue weighted by molar-refractivity contribution is 0.0690. The van der Waals surface area contributed by atoms with Crippen molar-refractivity contribution < 1.29 is 9.90 Å². The van der Waals surface area contributed by atoms with E-state index in [1.165, 1.54) is 12.3 Å². The van der Waals surface area contributed by atoms with Crippen LogP contribution in [0.15, 0.2) is 34.9 Å². The highest BCUT2D eigenvalue weighted by atomic mass is 79.9. The van der Waals surface area contributed by atoms with Crippen molar-refractivity contribution in [3.8, 4) is 0 Å². The number of hydrogen-bond donors (Lipinski definition) is 2. The summed E-state index contributed by atoms with van der Waals surface area (Å²) in [5.74, 6) is -1.03. The fourth-order valence-corrected chi connectivity index (χ4v) is 2.01. The minimum atomic E-state index is -1.03. The number of rotatable bonds is 3. The summed E-state index contributed by atoms with van der Waals surface area (Å²) in [5.41, 5.74) is 4.01. The molecule has 5 heteroatoms. The molecule has 0 unspecified atom stereocenters. The minimum Gasteiger partial charge on any atom is -0.477 e. The number of aryl methyl sites for hydroxylation is 2. The number of carbonyl (C=O) groups is 1. The van der Waals surface area contributed by atoms with E-state index in [4.69, 9.17) is 5.11 Å². The number of anilines is 2. The van der Waals surface area contributed by atoms with Gasteiger partial charge in [0, 0.05) is 10.2 Å². The lowest BCUT2D eigenvalue weighted by atomic mass is 10.1. The molecular formula is C14H13BrN2O2. The summed E-state index contributed by atoms with van der Waals surface area (Å²) in [5, 5.41) is 12.0. The molecule has 98 valence electrons. The normalized spacial score (nSPS) is 10.3. The van der Waals surface area contributed by atoms with Gasteiger partial charge in [0.05, 0.1) is 11.9 Å². The quantitative estimate of drug-likeness (QED) is 0.900. The third-order valence-electron chi connectivity index (χ3n) is 2.71. The smallest absolute Gasteiger partial charge is 0.354 e. The second-order valence-corrected chi connectivity index (χ2v) is 5.08. The molecule has 0 saturated heterocycles. The third-order valence-corrected chi connectivity index (χ3v) is 3.96. The van der Waals surface area contributed by atoms with Crippen LogP contribution in [0.3, 0.4) is 0 Å². The number of hydrogen-bond acceptors (Lipinski definition) is 3. The zero-order valence-corrected chi connectivity index (χ0v) is 12.2. The van der Waals surface area contributed by atoms with Crippen molar-refractivity contribution in [2.45, 2.75) is 13.8 Å². The molecule has 4 nitrogen and oxygen atoms in total. The monoisotopic (exact) mass is 320 g/mol. The van der Waals surface area contributed by atoms with Crippen molar-refractivity contribution in [2.24, 2.45) is 0 Å². The Morgan fingerprint density at radius 1 is 1.21 bits per heavy atom. The molecule has 0 atom stereocenters. The summed E-state index contributed by atoms with van der Waals surface area (Å²) in [4.78, 5) is 14.6. The lowest BCUT2D eigenvalue weighted by Crippen LogP contribution is -2.00. The fourth-order valence-electron chi connectivity index (χ4n) is 1.78. The van der Waals surface area contributed by atoms with E-state index in [1.807, 2.05) is 26.0 Å². The Morgan fingerprint density at radius 2 is 1.84 bits per heavy atom. The zero-order valence-electron chi connectivity index (χ0n) is 10.6. The number of pyridine rings is 1. The van der Waals surface area contributed by atoms with Crippen molar-refractivity contribution >= 4 is 33.3 Å². The van der Waals surface area contributed by atoms with E-state index in [0.717, 1.165) is 27.0 Å². The number of aromatic carboxylic acids is 1. The molecule has 1 heterocycles. The summed E-state index contributed by atoms with van der Waals surface area (Å²) in [7, 11) is 0. The van der Waals surface area contributed by atoms with Gasteiger partial charge in [0.1, 0.15) is 5.69 Å². The Bertz CT molecular complexity index is 601. The van der Waals surface area contributed by atoms with Gasteiger partial charge < -0.3 is 10.4 Å². The van der Waals surface area contributed by atoms with Gasteiger partial charge in [-0.05, 0) is 49.2 Å². The van der Waals surface area contributed by atoms with E-state index in [2.05, 4.69) is 26.2 Å². The van der Waals surface area contributed by atoms with Gasteiger partial charge in [-0.1, -0.05) is 15.9 Å². The lowest BCUT2D eigenvalue weighted by Gasteiger charge is -2.10. The highest BCUT2D eigenvalue weighted by molar-refractivity contribution is 9.10. The van der Waals surface area contributed by atoms with E-state index in [-0.39, 0.29) is 5.69 Å². The number of carboxylic acids is 1. The van der Waals surface area contributed by atoms with Crippen LogP contribution in [0.1, 0.15) is 21.6 Å². The van der Waals surface area contributed by atoms with Gasteiger partial charge in [-0.25, -0.2) is 9.78 Å². The molecule has 1 aromatic heterocycles. The topological polar surface area (TPSA) is 62.2 Å². The molecule has 0 spiro atoms. The second kappa shape index (κ2) is 5.40. The molecule has 0 amide bonds. The van der Waals surface area contributed by atoms with Crippen molar-refractivity contribution in [1.29, 1.82) is 0 Å². The van der Waals surface area contributed by atoms with Crippen LogP contribution in [0.4, 0.5) is 11.4 Å². The minimum absolute atomic E-state index is 0.0358. The maximum Gasteiger partial charge on any atom is 0.354 e. The van der Waals surface area contributed by atoms with Crippen molar-refractivity contribution in [3.63, 3.8) is 0 Å². The van der Waals surface area contributed by atoms with Crippen LogP contribution in [0, 0.1) is 13.8 Å². The number of benzene rings is 1. The molecule has 19 heavy (non-hydrogen) atoms. The molecule has 0 aliphatic carbocycles. The number of carboxylic acid groups (broad SMARTS) is 1. The highest BCUT2D eigenvalue weighted by Crippen LogP contribution is 2.26. The highest BCUT2D eigenvalue weighted by Gasteiger charge is 2.05. The van der Waals surface area contributed by atoms with Gasteiger partial charge in [-0.3, -0.25) is 0 Å². The van der Waals surface area contributed by atoms with Crippen molar-refractivity contribution in [1.82, 2.24) is 4.98 Å². The molecule has 2 aromatic rings. The first-order valence-corrected chi connectivity index (χ1v) is 6.50. The van der Waals surface area contributed by atoms with Crippen LogP contribution >= 0.6 is 15.9 Å². The maximum absolute atomic E-state index is 10.7. The van der Waals surface area contributed by atoms with Crippen LogP contribution in [-0.2, 0) is 0 Å². The summed E-state index contributed by atoms with van der Waals surface area (Å²) in [6.07, 6.45) is 1.51. The summed E-state index contributed by atoms with van der Waals surface area (Å²) < 4.78 is 1.09. The first-order chi connectivity index (χ1) is 8.97. The van der Waals surface area contributed by atoms with Crippen LogP contribution in [-0.4, -0.2) is 16.1 Å². The number of aromatic nitrogens is 1. The van der Waals surface area contributed by atoms with Gasteiger partial charge in [-0.2, -0.15) is 0 Å². The number of halogens is 1. The fraction of sp³-hybridized carbons (Fsp3) is 0.143. The summed E-state index contributed by atoms with van der Waals surface area (Å²) in [6, 6.07) is 7.21. The van der Waals surface area contributed by atoms with E-state index in [0.29, 0.717) is 0 Å². The summed E-state index contributed by atoms with van der Waals surface area (Å²) >= 11 is 3.52. The predicted molar refractivity (Wildman–Crippen MR) is 78.1 cm³/mol. The molecular weight excluding hydrogens is 308 g/mol. The molecule has 0 bridgehead atoms. The Hall–Kier alpha value is -1.88. The van der Waals surface area contributed by atoms with E-state index in [1.54, 1.807) is 6.07 Å². The van der Waals surface area contributed by atoms with Gasteiger partial charge in [0.2, 0.25) is 0 Å². The Morgan fingerprint density at radius 3 is 2.32 bits per heavy atom. The van der Waals surface area contributed by atoms with Crippen molar-refractivity contribution in [2.75, 3.05) is 5.32 Å². The van der Waals surface area contributed by atoms with Gasteiger partial charge >= 0.3 is 5.97 Å². The van der Waals surface area contributed by atoms with Crippen LogP contribution in [0.2, 0.25) is 0 Å². The van der Waals surface area contributed by atoms with Gasteiger partial charge in [-0.15, -0.1) is 0 Å². The van der Waals surface area contributed by atoms with Gasteiger partial charge in [0.25, 0.3) is 0 Å². The molecule has 0 fully saturated rings. The third kappa shape index (κ3) is 3.12. The summed E-state index contributed by atoms with van der Waals surface area (Å²) in [6.45, 7) is 4.04. The van der Waals surface area contributed by atoms with E-state index < -0.39 is 5.97 Å². The number of nitrogens with one attached hydrogen (secondary N) is 1. The first-order valence-electron chi connectivity index (χ1n) is 5.70.